The smallest absolute Gasteiger partial charge is 0.406 e. The maximum absolute atomic E-state index is 12.5. The normalized spacial score (nSPS) is 17.1. The van der Waals surface area contributed by atoms with Crippen LogP contribution in [0.4, 0.5) is 26.3 Å². The van der Waals surface area contributed by atoms with Crippen LogP contribution >= 0.6 is 0 Å². The monoisotopic (exact) mass is 430 g/mol. The fourth-order valence-corrected chi connectivity index (χ4v) is 3.60. The van der Waals surface area contributed by atoms with E-state index in [-0.39, 0.29) is 18.0 Å². The zero-order chi connectivity index (χ0) is 20.9. The summed E-state index contributed by atoms with van der Waals surface area (Å²) in [6.07, 6.45) is -7.53. The van der Waals surface area contributed by atoms with Crippen molar-refractivity contribution in [3.8, 4) is 5.75 Å². The number of carbonyl (C=O) groups excluding carboxylic acids is 1. The number of halogens is 6. The number of hydrogen-bond acceptors (Lipinski definition) is 3. The minimum absolute atomic E-state index is 0.282. The summed E-state index contributed by atoms with van der Waals surface area (Å²) in [6, 6.07) is 4.63. The maximum Gasteiger partial charge on any atom is 0.573 e. The summed E-state index contributed by atoms with van der Waals surface area (Å²) in [4.78, 5) is 11.8. The van der Waals surface area contributed by atoms with E-state index in [1.165, 1.54) is 12.1 Å². The van der Waals surface area contributed by atoms with Gasteiger partial charge < -0.3 is 10.1 Å². The van der Waals surface area contributed by atoms with Crippen molar-refractivity contribution >= 4 is 16.9 Å². The highest BCUT2D eigenvalue weighted by atomic mass is 32.2. The molecule has 1 atom stereocenters. The van der Waals surface area contributed by atoms with Gasteiger partial charge in [-0.1, -0.05) is 5.57 Å². The van der Waals surface area contributed by atoms with Gasteiger partial charge in [-0.15, -0.1) is 13.2 Å². The molecule has 1 N–H and O–H groups in total. The lowest BCUT2D eigenvalue weighted by Gasteiger charge is -2.27. The molecule has 1 amide bonds. The fourth-order valence-electron chi connectivity index (χ4n) is 2.41. The average Bonchev–Trinajstić information content (AvgIpc) is 2.59. The van der Waals surface area contributed by atoms with Crippen molar-refractivity contribution in [3.05, 3.63) is 35.9 Å². The first-order valence-corrected chi connectivity index (χ1v) is 9.10. The quantitative estimate of drug-likeness (QED) is 0.576. The van der Waals surface area contributed by atoms with Gasteiger partial charge in [-0.25, -0.2) is 8.51 Å². The molecule has 1 heterocycles. The molecular formula is C16H16F6N2O3S. The van der Waals surface area contributed by atoms with Crippen LogP contribution in [0.15, 0.2) is 40.8 Å². The highest BCUT2D eigenvalue weighted by Gasteiger charge is 2.31. The van der Waals surface area contributed by atoms with E-state index in [2.05, 4.69) is 4.74 Å². The first kappa shape index (κ1) is 22.2. The summed E-state index contributed by atoms with van der Waals surface area (Å²) in [5, 5.41) is 1.75. The van der Waals surface area contributed by atoms with Gasteiger partial charge in [0.25, 0.3) is 0 Å². The largest absolute Gasteiger partial charge is 0.573 e. The molecule has 0 aromatic heterocycles. The van der Waals surface area contributed by atoms with Crippen molar-refractivity contribution in [3.63, 3.8) is 0 Å². The second-order valence-electron chi connectivity index (χ2n) is 5.83. The van der Waals surface area contributed by atoms with Crippen molar-refractivity contribution in [1.29, 1.82) is 0 Å². The predicted octanol–water partition coefficient (Wildman–Crippen LogP) is 3.31. The van der Waals surface area contributed by atoms with E-state index in [0.717, 1.165) is 18.2 Å². The van der Waals surface area contributed by atoms with E-state index in [1.807, 2.05) is 0 Å². The Labute approximate surface area is 158 Å². The number of benzene rings is 1. The van der Waals surface area contributed by atoms with Crippen molar-refractivity contribution in [1.82, 2.24) is 9.62 Å². The summed E-state index contributed by atoms with van der Waals surface area (Å²) in [5.74, 6) is -1.27. The van der Waals surface area contributed by atoms with E-state index < -0.39 is 41.7 Å². The van der Waals surface area contributed by atoms with Gasteiger partial charge in [-0.3, -0.25) is 4.79 Å². The minimum Gasteiger partial charge on any atom is -0.406 e. The summed E-state index contributed by atoms with van der Waals surface area (Å²) in [6.45, 7) is -0.850. The van der Waals surface area contributed by atoms with Gasteiger partial charge in [0.15, 0.2) is 0 Å². The van der Waals surface area contributed by atoms with Crippen LogP contribution in [0, 0.1) is 0 Å². The molecule has 156 valence electrons. The van der Waals surface area contributed by atoms with E-state index >= 15 is 0 Å². The molecule has 1 fully saturated rings. The van der Waals surface area contributed by atoms with E-state index in [1.54, 1.807) is 9.62 Å². The Bertz CT molecular complexity index is 736. The molecule has 1 unspecified atom stereocenters. The van der Waals surface area contributed by atoms with Gasteiger partial charge in [-0.05, 0) is 37.1 Å². The number of ether oxygens (including phenoxy) is 1. The van der Waals surface area contributed by atoms with Crippen molar-refractivity contribution in [2.45, 2.75) is 30.3 Å². The molecule has 0 saturated carbocycles. The number of piperidine rings is 1. The van der Waals surface area contributed by atoms with Crippen LogP contribution in [0.3, 0.4) is 0 Å². The molecule has 28 heavy (non-hydrogen) atoms. The number of alkyl halides is 6. The van der Waals surface area contributed by atoms with Gasteiger partial charge in [0.2, 0.25) is 5.91 Å². The van der Waals surface area contributed by atoms with Crippen LogP contribution in [-0.2, 0) is 15.8 Å². The van der Waals surface area contributed by atoms with Gasteiger partial charge in [-0.2, -0.15) is 13.2 Å². The summed E-state index contributed by atoms with van der Waals surface area (Å²) in [7, 11) is -1.62. The average molecular weight is 430 g/mol. The standard InChI is InChI=1S/C16H16F6N2O3S/c17-15(18,19)10-23-14(25)9-11-5-7-24(8-6-11)28(26)13-3-1-12(2-4-13)27-16(20,21)22/h1-4,9H,5-8,10H2,(H,23,25). The van der Waals surface area contributed by atoms with Crippen LogP contribution in [0.5, 0.6) is 5.75 Å². The van der Waals surface area contributed by atoms with E-state index in [0.29, 0.717) is 18.4 Å². The highest BCUT2D eigenvalue weighted by Crippen LogP contribution is 2.25. The van der Waals surface area contributed by atoms with Gasteiger partial charge >= 0.3 is 12.5 Å². The number of hydrogen-bond donors (Lipinski definition) is 1. The van der Waals surface area contributed by atoms with Gasteiger partial charge in [0.1, 0.15) is 23.3 Å². The van der Waals surface area contributed by atoms with Crippen molar-refractivity contribution in [2.75, 3.05) is 19.6 Å². The maximum atomic E-state index is 12.5. The summed E-state index contributed by atoms with van der Waals surface area (Å²) < 4.78 is 90.4. The Hall–Kier alpha value is -2.08. The topological polar surface area (TPSA) is 58.6 Å². The van der Waals surface area contributed by atoms with Crippen LogP contribution in [-0.4, -0.2) is 46.6 Å². The molecule has 0 spiro atoms. The molecule has 0 bridgehead atoms. The Morgan fingerprint density at radius 2 is 1.68 bits per heavy atom. The number of carbonyl (C=O) groups is 1. The molecule has 1 saturated heterocycles. The lowest BCUT2D eigenvalue weighted by molar-refractivity contribution is -0.274. The molecule has 1 aliphatic rings. The predicted molar refractivity (Wildman–Crippen MR) is 87.5 cm³/mol. The second kappa shape index (κ2) is 8.95. The molecule has 5 nitrogen and oxygen atoms in total. The van der Waals surface area contributed by atoms with Crippen LogP contribution in [0.1, 0.15) is 12.8 Å². The molecule has 0 aliphatic carbocycles. The van der Waals surface area contributed by atoms with Crippen molar-refractivity contribution < 1.29 is 40.1 Å². The van der Waals surface area contributed by atoms with Gasteiger partial charge in [0, 0.05) is 19.2 Å². The third-order valence-electron chi connectivity index (χ3n) is 3.66. The third kappa shape index (κ3) is 7.50. The van der Waals surface area contributed by atoms with E-state index in [9.17, 15) is 35.3 Å². The second-order valence-corrected chi connectivity index (χ2v) is 7.32. The molecule has 1 aromatic carbocycles. The third-order valence-corrected chi connectivity index (χ3v) is 5.17. The molecule has 12 heteroatoms. The molecule has 1 aromatic rings. The molecular weight excluding hydrogens is 414 g/mol. The van der Waals surface area contributed by atoms with Crippen LogP contribution < -0.4 is 10.1 Å². The molecule has 0 radical (unpaired) electrons. The first-order valence-electron chi connectivity index (χ1n) is 8.00. The first-order chi connectivity index (χ1) is 12.9. The number of rotatable bonds is 5. The lowest BCUT2D eigenvalue weighted by atomic mass is 10.1. The zero-order valence-corrected chi connectivity index (χ0v) is 15.1. The number of amides is 1. The minimum atomic E-state index is -4.82. The number of nitrogens with one attached hydrogen (secondary N) is 1. The Morgan fingerprint density at radius 3 is 2.18 bits per heavy atom. The molecule has 2 rings (SSSR count). The summed E-state index contributed by atoms with van der Waals surface area (Å²) in [5.41, 5.74) is 0.627. The Morgan fingerprint density at radius 1 is 1.11 bits per heavy atom. The SMILES string of the molecule is O=C(C=C1CCN(S(=O)c2ccc(OC(F)(F)F)cc2)CC1)NCC(F)(F)F. The fraction of sp³-hybridized carbons (Fsp3) is 0.438. The van der Waals surface area contributed by atoms with Crippen LogP contribution in [0.25, 0.3) is 0 Å². The zero-order valence-electron chi connectivity index (χ0n) is 14.3. The summed E-state index contributed by atoms with van der Waals surface area (Å²) >= 11 is 0. The van der Waals surface area contributed by atoms with Crippen molar-refractivity contribution in [2.24, 2.45) is 0 Å². The van der Waals surface area contributed by atoms with Gasteiger partial charge in [0.05, 0.1) is 4.90 Å². The lowest BCUT2D eigenvalue weighted by Crippen LogP contribution is -2.34. The van der Waals surface area contributed by atoms with E-state index in [4.69, 9.17) is 0 Å². The molecule has 1 aliphatic heterocycles. The van der Waals surface area contributed by atoms with Crippen LogP contribution in [0.2, 0.25) is 0 Å². The number of nitrogens with zero attached hydrogens (tertiary/aromatic N) is 1. The Kier molecular flexibility index (Phi) is 7.10. The highest BCUT2D eigenvalue weighted by molar-refractivity contribution is 7.82. The Balaban J connectivity index is 1.88.